The van der Waals surface area contributed by atoms with Gasteiger partial charge in [-0.25, -0.2) is 9.79 Å². The Morgan fingerprint density at radius 2 is 2.03 bits per heavy atom. The lowest BCUT2D eigenvalue weighted by Crippen LogP contribution is -2.69. The van der Waals surface area contributed by atoms with Crippen LogP contribution in [-0.2, 0) is 19.1 Å². The predicted molar refractivity (Wildman–Crippen MR) is 119 cm³/mol. The number of aliphatic imine (C=N–C) groups is 1. The van der Waals surface area contributed by atoms with E-state index in [0.717, 1.165) is 0 Å². The number of primary amides is 1. The highest BCUT2D eigenvalue weighted by Gasteiger charge is 2.48. The maximum absolute atomic E-state index is 12.6. The second kappa shape index (κ2) is 11.8. The van der Waals surface area contributed by atoms with Crippen LogP contribution in [0.15, 0.2) is 4.99 Å². The molecule has 0 saturated carbocycles. The van der Waals surface area contributed by atoms with Crippen LogP contribution in [0.25, 0.3) is 0 Å². The maximum atomic E-state index is 12.6. The summed E-state index contributed by atoms with van der Waals surface area (Å²) in [6, 6.07) is -3.23. The number of aliphatic hydroxyl groups is 3. The standard InChI is InChI=1S/C19H34N8O8/c20-3-1-2-7(21)4-10(29)24-13-15(31)14(30)9(6-34-18(22)33)35-17(13)27-19-25-11-8(28)5-23-16(32)12(11)26-19/h7-9,11-15,17,28,30-31H,1-6,20-21H2,(H2,22,33)(H,23,32)(H,24,29)(H2,25,26,27)/t7-,8-,9+,11-,12-,13+,14-,15+,17+/m0/s1. The number of nitrogens with zero attached hydrogens (tertiary/aromatic N) is 1. The van der Waals surface area contributed by atoms with Crippen molar-refractivity contribution in [3.63, 3.8) is 0 Å². The molecule has 13 N–H and O–H groups in total. The normalized spacial score (nSPS) is 35.1. The number of carbonyl (C=O) groups excluding carboxylic acids is 3. The maximum Gasteiger partial charge on any atom is 0.404 e. The lowest BCUT2D eigenvalue weighted by atomic mass is 9.95. The van der Waals surface area contributed by atoms with E-state index in [1.165, 1.54) is 0 Å². The van der Waals surface area contributed by atoms with E-state index < -0.39 is 73.4 Å². The molecule has 16 nitrogen and oxygen atoms in total. The Morgan fingerprint density at radius 3 is 2.69 bits per heavy atom. The molecule has 0 bridgehead atoms. The molecule has 2 fully saturated rings. The van der Waals surface area contributed by atoms with Crippen LogP contribution in [0.5, 0.6) is 0 Å². The van der Waals surface area contributed by atoms with E-state index in [4.69, 9.17) is 26.7 Å². The van der Waals surface area contributed by atoms with Gasteiger partial charge in [-0.1, -0.05) is 0 Å². The van der Waals surface area contributed by atoms with Gasteiger partial charge in [-0.3, -0.25) is 9.59 Å². The van der Waals surface area contributed by atoms with Gasteiger partial charge in [-0.05, 0) is 19.4 Å². The van der Waals surface area contributed by atoms with Gasteiger partial charge in [0.2, 0.25) is 11.8 Å². The second-order valence-electron chi connectivity index (χ2n) is 8.74. The van der Waals surface area contributed by atoms with Gasteiger partial charge >= 0.3 is 6.09 Å². The average Bonchev–Trinajstić information content (AvgIpc) is 3.24. The third-order valence-corrected chi connectivity index (χ3v) is 6.05. The molecule has 0 spiro atoms. The van der Waals surface area contributed by atoms with Crippen molar-refractivity contribution in [3.8, 4) is 0 Å². The van der Waals surface area contributed by atoms with Crippen molar-refractivity contribution in [1.29, 1.82) is 0 Å². The molecule has 3 aliphatic rings. The van der Waals surface area contributed by atoms with E-state index >= 15 is 0 Å². The molecular weight excluding hydrogens is 468 g/mol. The third-order valence-electron chi connectivity index (χ3n) is 6.05. The Labute approximate surface area is 200 Å². The van der Waals surface area contributed by atoms with Crippen molar-refractivity contribution in [2.75, 3.05) is 19.7 Å². The topological polar surface area (TPSA) is 269 Å². The molecule has 3 heterocycles. The van der Waals surface area contributed by atoms with Crippen LogP contribution in [0.2, 0.25) is 0 Å². The molecule has 35 heavy (non-hydrogen) atoms. The van der Waals surface area contributed by atoms with Gasteiger partial charge in [-0.15, -0.1) is 0 Å². The molecule has 3 rings (SSSR count). The summed E-state index contributed by atoms with van der Waals surface area (Å²) in [4.78, 5) is 39.9. The van der Waals surface area contributed by atoms with Crippen LogP contribution in [0, 0.1) is 0 Å². The van der Waals surface area contributed by atoms with Crippen molar-refractivity contribution in [3.05, 3.63) is 0 Å². The van der Waals surface area contributed by atoms with Crippen molar-refractivity contribution < 1.29 is 39.2 Å². The molecular formula is C19H34N8O8. The van der Waals surface area contributed by atoms with Gasteiger partial charge in [0.25, 0.3) is 0 Å². The number of hydrogen-bond donors (Lipinski definition) is 10. The Bertz CT molecular complexity index is 816. The Kier molecular flexibility index (Phi) is 9.03. The smallest absolute Gasteiger partial charge is 0.404 e. The van der Waals surface area contributed by atoms with Crippen LogP contribution in [0.4, 0.5) is 4.79 Å². The van der Waals surface area contributed by atoms with Crippen molar-refractivity contribution >= 4 is 23.9 Å². The zero-order valence-corrected chi connectivity index (χ0v) is 19.0. The summed E-state index contributed by atoms with van der Waals surface area (Å²) < 4.78 is 10.5. The van der Waals surface area contributed by atoms with Crippen LogP contribution in [0.1, 0.15) is 19.3 Å². The van der Waals surface area contributed by atoms with E-state index in [0.29, 0.717) is 19.4 Å². The van der Waals surface area contributed by atoms with E-state index in [2.05, 4.69) is 26.3 Å². The minimum atomic E-state index is -1.55. The summed E-state index contributed by atoms with van der Waals surface area (Å²) in [6.45, 7) is 0.0141. The largest absolute Gasteiger partial charge is 0.447 e. The number of guanidine groups is 1. The van der Waals surface area contributed by atoms with Crippen LogP contribution in [0.3, 0.4) is 0 Å². The Hall–Kier alpha value is -2.76. The zero-order chi connectivity index (χ0) is 25.7. The number of nitrogens with two attached hydrogens (primary N) is 3. The monoisotopic (exact) mass is 502 g/mol. The molecule has 0 aliphatic carbocycles. The van der Waals surface area contributed by atoms with Crippen molar-refractivity contribution in [2.45, 2.75) is 74.1 Å². The molecule has 2 saturated heterocycles. The van der Waals surface area contributed by atoms with E-state index in [1.54, 1.807) is 0 Å². The SMILES string of the molecule is NCCC[C@H](N)CC(=O)N[C@@H]1[C@@H](O)[C@@H](O)[C@@H](COC(N)=O)O[C@H]1NC1=N[C@@H]2C(=O)NC[C@H](O)[C@@H]2N1. The highest BCUT2D eigenvalue weighted by atomic mass is 16.6. The van der Waals surface area contributed by atoms with E-state index in [9.17, 15) is 29.7 Å². The lowest BCUT2D eigenvalue weighted by molar-refractivity contribution is -0.198. The number of aliphatic hydroxyl groups excluding tert-OH is 3. The number of hydrogen-bond acceptors (Lipinski definition) is 13. The number of amides is 3. The minimum Gasteiger partial charge on any atom is -0.447 e. The lowest BCUT2D eigenvalue weighted by Gasteiger charge is -2.43. The van der Waals surface area contributed by atoms with Gasteiger partial charge in [0.15, 0.2) is 18.2 Å². The highest BCUT2D eigenvalue weighted by Crippen LogP contribution is 2.22. The predicted octanol–water partition coefficient (Wildman–Crippen LogP) is -5.75. The number of β-amino-alcohol motifs (C(OH)–C–C–N with tert-alkyl or cyclic N) is 1. The number of piperidine rings is 1. The molecule has 3 amide bonds. The van der Waals surface area contributed by atoms with Crippen molar-refractivity contribution in [2.24, 2.45) is 22.2 Å². The summed E-state index contributed by atoms with van der Waals surface area (Å²) >= 11 is 0. The number of ether oxygens (including phenoxy) is 2. The molecule has 16 heteroatoms. The molecule has 198 valence electrons. The first-order valence-electron chi connectivity index (χ1n) is 11.4. The highest BCUT2D eigenvalue weighted by molar-refractivity contribution is 5.92. The zero-order valence-electron chi connectivity index (χ0n) is 19.0. The second-order valence-corrected chi connectivity index (χ2v) is 8.74. The van der Waals surface area contributed by atoms with Gasteiger partial charge in [0, 0.05) is 19.0 Å². The third kappa shape index (κ3) is 6.68. The summed E-state index contributed by atoms with van der Waals surface area (Å²) in [5.74, 6) is -0.815. The van der Waals surface area contributed by atoms with E-state index in [1.807, 2.05) is 0 Å². The van der Waals surface area contributed by atoms with Crippen LogP contribution < -0.4 is 38.5 Å². The number of fused-ring (bicyclic) bond motifs is 1. The van der Waals surface area contributed by atoms with E-state index in [-0.39, 0.29) is 24.8 Å². The quantitative estimate of drug-likeness (QED) is 0.141. The van der Waals surface area contributed by atoms with Crippen molar-refractivity contribution in [1.82, 2.24) is 21.3 Å². The number of nitrogens with one attached hydrogen (secondary N) is 4. The first-order valence-corrected chi connectivity index (χ1v) is 11.4. The molecule has 0 aromatic carbocycles. The fourth-order valence-electron chi connectivity index (χ4n) is 4.19. The molecule has 0 unspecified atom stereocenters. The summed E-state index contributed by atoms with van der Waals surface area (Å²) in [5.41, 5.74) is 16.4. The average molecular weight is 503 g/mol. The van der Waals surface area contributed by atoms with Gasteiger partial charge in [0.05, 0.1) is 12.1 Å². The Balaban J connectivity index is 1.73. The molecule has 0 aromatic rings. The minimum absolute atomic E-state index is 0.0518. The van der Waals surface area contributed by atoms with Crippen LogP contribution >= 0.6 is 0 Å². The summed E-state index contributed by atoms with van der Waals surface area (Å²) in [5, 5.41) is 42.3. The molecule has 9 atom stereocenters. The fraction of sp³-hybridized carbons (Fsp3) is 0.789. The number of carbonyl (C=O) groups is 3. The first kappa shape index (κ1) is 26.8. The fourth-order valence-corrected chi connectivity index (χ4v) is 4.19. The molecule has 3 aliphatic heterocycles. The first-order chi connectivity index (χ1) is 16.6. The molecule has 0 radical (unpaired) electrons. The van der Waals surface area contributed by atoms with Gasteiger partial charge < -0.3 is 63.3 Å². The Morgan fingerprint density at radius 1 is 1.29 bits per heavy atom. The van der Waals surface area contributed by atoms with Gasteiger partial charge in [-0.2, -0.15) is 0 Å². The summed E-state index contributed by atoms with van der Waals surface area (Å²) in [7, 11) is 0. The molecule has 0 aromatic heterocycles. The van der Waals surface area contributed by atoms with Gasteiger partial charge in [0.1, 0.15) is 31.0 Å². The van der Waals surface area contributed by atoms with Crippen LogP contribution in [-0.4, -0.2) is 114 Å². The number of rotatable bonds is 9. The summed E-state index contributed by atoms with van der Waals surface area (Å²) in [6.07, 6.45) is -6.38.